The predicted octanol–water partition coefficient (Wildman–Crippen LogP) is 1.83. The number of aromatic nitrogens is 1. The highest BCUT2D eigenvalue weighted by Crippen LogP contribution is 2.20. The van der Waals surface area contributed by atoms with Crippen molar-refractivity contribution >= 4 is 17.5 Å². The molecular formula is C15H15N3O3. The second kappa shape index (κ2) is 5.40. The predicted molar refractivity (Wildman–Crippen MR) is 75.7 cm³/mol. The summed E-state index contributed by atoms with van der Waals surface area (Å²) >= 11 is 0. The third kappa shape index (κ3) is 2.79. The Labute approximate surface area is 121 Å². The van der Waals surface area contributed by atoms with E-state index in [0.29, 0.717) is 30.8 Å². The van der Waals surface area contributed by atoms with Crippen LogP contribution in [0.1, 0.15) is 28.6 Å². The molecule has 3 rings (SSSR count). The minimum atomic E-state index is -0.134. The molecule has 0 spiro atoms. The van der Waals surface area contributed by atoms with Crippen LogP contribution >= 0.6 is 0 Å². The fourth-order valence-electron chi connectivity index (χ4n) is 2.40. The molecule has 2 heterocycles. The number of anilines is 1. The van der Waals surface area contributed by atoms with Crippen molar-refractivity contribution in [3.8, 4) is 0 Å². The maximum Gasteiger partial charge on any atom is 0.254 e. The van der Waals surface area contributed by atoms with Crippen molar-refractivity contribution in [3.05, 3.63) is 47.3 Å². The second-order valence-electron chi connectivity index (χ2n) is 5.01. The van der Waals surface area contributed by atoms with Crippen LogP contribution in [0.5, 0.6) is 0 Å². The average molecular weight is 285 g/mol. The lowest BCUT2D eigenvalue weighted by atomic mass is 10.1. The number of nitrogens with one attached hydrogen (secondary N) is 1. The molecule has 0 saturated heterocycles. The normalized spacial score (nSPS) is 13.7. The summed E-state index contributed by atoms with van der Waals surface area (Å²) in [6.45, 7) is 2.59. The zero-order chi connectivity index (χ0) is 14.8. The third-order valence-electron chi connectivity index (χ3n) is 3.44. The van der Waals surface area contributed by atoms with E-state index in [0.717, 1.165) is 11.3 Å². The van der Waals surface area contributed by atoms with Gasteiger partial charge in [0.1, 0.15) is 5.76 Å². The lowest BCUT2D eigenvalue weighted by Gasteiger charge is -2.25. The van der Waals surface area contributed by atoms with Crippen LogP contribution in [0.15, 0.2) is 35.0 Å². The van der Waals surface area contributed by atoms with E-state index in [1.54, 1.807) is 35.4 Å². The Balaban J connectivity index is 1.72. The number of fused-ring (bicyclic) bond motifs is 1. The molecule has 108 valence electrons. The SMILES string of the molecule is CC(=O)Nc1ccc(C(=O)N2CCc3oncc3C2)cc1. The van der Waals surface area contributed by atoms with E-state index in [-0.39, 0.29) is 11.8 Å². The largest absolute Gasteiger partial charge is 0.361 e. The van der Waals surface area contributed by atoms with Gasteiger partial charge in [0, 0.05) is 36.7 Å². The average Bonchev–Trinajstić information content (AvgIpc) is 2.94. The first-order valence-corrected chi connectivity index (χ1v) is 6.73. The van der Waals surface area contributed by atoms with Gasteiger partial charge in [0.15, 0.2) is 0 Å². The number of carbonyl (C=O) groups is 2. The fourth-order valence-corrected chi connectivity index (χ4v) is 2.40. The summed E-state index contributed by atoms with van der Waals surface area (Å²) in [5.41, 5.74) is 2.24. The molecule has 2 amide bonds. The van der Waals surface area contributed by atoms with Crippen molar-refractivity contribution in [2.75, 3.05) is 11.9 Å². The molecule has 1 N–H and O–H groups in total. The van der Waals surface area contributed by atoms with Crippen molar-refractivity contribution in [1.82, 2.24) is 10.1 Å². The van der Waals surface area contributed by atoms with Crippen LogP contribution in [0, 0.1) is 0 Å². The first-order valence-electron chi connectivity index (χ1n) is 6.73. The lowest BCUT2D eigenvalue weighted by molar-refractivity contribution is -0.114. The number of hydrogen-bond donors (Lipinski definition) is 1. The van der Waals surface area contributed by atoms with Crippen molar-refractivity contribution in [2.24, 2.45) is 0 Å². The van der Waals surface area contributed by atoms with Gasteiger partial charge in [0.05, 0.1) is 12.7 Å². The second-order valence-corrected chi connectivity index (χ2v) is 5.01. The Morgan fingerprint density at radius 2 is 2.05 bits per heavy atom. The van der Waals surface area contributed by atoms with E-state index in [2.05, 4.69) is 10.5 Å². The molecule has 1 aliphatic heterocycles. The number of hydrogen-bond acceptors (Lipinski definition) is 4. The van der Waals surface area contributed by atoms with Crippen LogP contribution < -0.4 is 5.32 Å². The molecule has 0 saturated carbocycles. The van der Waals surface area contributed by atoms with Gasteiger partial charge in [-0.25, -0.2) is 0 Å². The summed E-state index contributed by atoms with van der Waals surface area (Å²) in [6, 6.07) is 6.89. The molecule has 6 nitrogen and oxygen atoms in total. The lowest BCUT2D eigenvalue weighted by Crippen LogP contribution is -2.35. The Hall–Kier alpha value is -2.63. The van der Waals surface area contributed by atoms with Crippen molar-refractivity contribution in [3.63, 3.8) is 0 Å². The molecule has 21 heavy (non-hydrogen) atoms. The summed E-state index contributed by atoms with van der Waals surface area (Å²) in [5.74, 6) is 0.696. The smallest absolute Gasteiger partial charge is 0.254 e. The first-order chi connectivity index (χ1) is 10.1. The summed E-state index contributed by atoms with van der Waals surface area (Å²) in [7, 11) is 0. The minimum Gasteiger partial charge on any atom is -0.361 e. The molecule has 0 bridgehead atoms. The van der Waals surface area contributed by atoms with Crippen molar-refractivity contribution < 1.29 is 14.1 Å². The fraction of sp³-hybridized carbons (Fsp3) is 0.267. The monoisotopic (exact) mass is 285 g/mol. The molecular weight excluding hydrogens is 270 g/mol. The van der Waals surface area contributed by atoms with Gasteiger partial charge >= 0.3 is 0 Å². The third-order valence-corrected chi connectivity index (χ3v) is 3.44. The zero-order valence-electron chi connectivity index (χ0n) is 11.6. The summed E-state index contributed by atoms with van der Waals surface area (Å²) < 4.78 is 5.11. The van der Waals surface area contributed by atoms with E-state index < -0.39 is 0 Å². The highest BCUT2D eigenvalue weighted by atomic mass is 16.5. The van der Waals surface area contributed by atoms with Gasteiger partial charge < -0.3 is 14.7 Å². The van der Waals surface area contributed by atoms with Crippen LogP contribution in [-0.4, -0.2) is 28.4 Å². The van der Waals surface area contributed by atoms with Gasteiger partial charge in [0.25, 0.3) is 5.91 Å². The first kappa shape index (κ1) is 13.4. The van der Waals surface area contributed by atoms with Crippen LogP contribution in [0.25, 0.3) is 0 Å². The number of rotatable bonds is 2. The topological polar surface area (TPSA) is 75.4 Å². The van der Waals surface area contributed by atoms with Crippen LogP contribution in [-0.2, 0) is 17.8 Å². The Kier molecular flexibility index (Phi) is 3.43. The van der Waals surface area contributed by atoms with Crippen LogP contribution in [0.4, 0.5) is 5.69 Å². The number of benzene rings is 1. The maximum absolute atomic E-state index is 12.5. The van der Waals surface area contributed by atoms with E-state index in [1.165, 1.54) is 6.92 Å². The van der Waals surface area contributed by atoms with Crippen molar-refractivity contribution in [1.29, 1.82) is 0 Å². The summed E-state index contributed by atoms with van der Waals surface area (Å²) in [4.78, 5) is 25.2. The van der Waals surface area contributed by atoms with Crippen LogP contribution in [0.3, 0.4) is 0 Å². The highest BCUT2D eigenvalue weighted by molar-refractivity contribution is 5.95. The van der Waals surface area contributed by atoms with Gasteiger partial charge in [-0.1, -0.05) is 5.16 Å². The van der Waals surface area contributed by atoms with Gasteiger partial charge in [-0.15, -0.1) is 0 Å². The number of carbonyl (C=O) groups excluding carboxylic acids is 2. The zero-order valence-corrected chi connectivity index (χ0v) is 11.6. The van der Waals surface area contributed by atoms with Gasteiger partial charge in [-0.05, 0) is 24.3 Å². The number of nitrogens with zero attached hydrogens (tertiary/aromatic N) is 2. The Bertz CT molecular complexity index is 676. The van der Waals surface area contributed by atoms with Gasteiger partial charge in [0.2, 0.25) is 5.91 Å². The Morgan fingerprint density at radius 1 is 1.29 bits per heavy atom. The summed E-state index contributed by atoms with van der Waals surface area (Å²) in [6.07, 6.45) is 2.35. The molecule has 0 radical (unpaired) electrons. The molecule has 1 aliphatic rings. The molecule has 1 aromatic heterocycles. The Morgan fingerprint density at radius 3 is 2.76 bits per heavy atom. The van der Waals surface area contributed by atoms with Crippen LogP contribution in [0.2, 0.25) is 0 Å². The molecule has 6 heteroatoms. The summed E-state index contributed by atoms with van der Waals surface area (Å²) in [5, 5.41) is 6.43. The number of amides is 2. The minimum absolute atomic E-state index is 0.0313. The molecule has 2 aromatic rings. The quantitative estimate of drug-likeness (QED) is 0.913. The molecule has 0 unspecified atom stereocenters. The molecule has 0 atom stereocenters. The van der Waals surface area contributed by atoms with Gasteiger partial charge in [-0.2, -0.15) is 0 Å². The van der Waals surface area contributed by atoms with E-state index in [1.807, 2.05) is 0 Å². The van der Waals surface area contributed by atoms with Crippen molar-refractivity contribution in [2.45, 2.75) is 19.9 Å². The standard InChI is InChI=1S/C15H15N3O3/c1-10(19)17-13-4-2-11(3-5-13)15(20)18-7-6-14-12(9-18)8-16-21-14/h2-5,8H,6-7,9H2,1H3,(H,17,19). The molecule has 0 fully saturated rings. The highest BCUT2D eigenvalue weighted by Gasteiger charge is 2.24. The van der Waals surface area contributed by atoms with Gasteiger partial charge in [-0.3, -0.25) is 9.59 Å². The maximum atomic E-state index is 12.5. The van der Waals surface area contributed by atoms with E-state index in [9.17, 15) is 9.59 Å². The molecule has 1 aromatic carbocycles. The van der Waals surface area contributed by atoms with E-state index >= 15 is 0 Å². The molecule has 0 aliphatic carbocycles. The van der Waals surface area contributed by atoms with E-state index in [4.69, 9.17) is 4.52 Å².